The number of amides is 1. The van der Waals surface area contributed by atoms with Crippen molar-refractivity contribution in [3.8, 4) is 6.07 Å². The Labute approximate surface area is 167 Å². The number of nitriles is 1. The minimum absolute atomic E-state index is 0.151. The highest BCUT2D eigenvalue weighted by Crippen LogP contribution is 2.31. The Morgan fingerprint density at radius 3 is 2.59 bits per heavy atom. The molecule has 0 radical (unpaired) electrons. The van der Waals surface area contributed by atoms with Gasteiger partial charge in [0.05, 0.1) is 17.2 Å². The summed E-state index contributed by atoms with van der Waals surface area (Å²) in [4.78, 5) is 18.9. The summed E-state index contributed by atoms with van der Waals surface area (Å²) in [6, 6.07) is 10.0. The molecule has 8 heteroatoms. The molecule has 1 N–H and O–H groups in total. The van der Waals surface area contributed by atoms with E-state index in [2.05, 4.69) is 15.2 Å². The summed E-state index contributed by atoms with van der Waals surface area (Å²) in [5, 5.41) is 11.7. The van der Waals surface area contributed by atoms with Crippen molar-refractivity contribution in [3.05, 3.63) is 59.3 Å². The third-order valence-corrected chi connectivity index (χ3v) is 5.14. The molecule has 0 saturated carbocycles. The Hall–Kier alpha value is -3.08. The fourth-order valence-corrected chi connectivity index (χ4v) is 3.41. The Bertz CT molecular complexity index is 897. The molecule has 1 aromatic carbocycles. The fraction of sp³-hybridized carbons (Fsp3) is 0.381. The van der Waals surface area contributed by atoms with Crippen molar-refractivity contribution in [2.24, 2.45) is 5.92 Å². The summed E-state index contributed by atoms with van der Waals surface area (Å²) in [6.07, 6.45) is -1.64. The zero-order valence-corrected chi connectivity index (χ0v) is 15.9. The molecule has 2 heterocycles. The molecule has 1 aromatic heterocycles. The maximum absolute atomic E-state index is 12.9. The number of carbonyl (C=O) groups excluding carboxylic acids is 1. The van der Waals surface area contributed by atoms with Crippen molar-refractivity contribution in [2.75, 3.05) is 18.0 Å². The molecular formula is C21H21F3N4O. The first-order valence-corrected chi connectivity index (χ1v) is 9.36. The second-order valence-electron chi connectivity index (χ2n) is 7.13. The Morgan fingerprint density at radius 2 is 2.00 bits per heavy atom. The first-order valence-electron chi connectivity index (χ1n) is 9.36. The molecule has 1 atom stereocenters. The van der Waals surface area contributed by atoms with E-state index in [0.29, 0.717) is 37.1 Å². The summed E-state index contributed by atoms with van der Waals surface area (Å²) >= 11 is 0. The lowest BCUT2D eigenvalue weighted by molar-refractivity contribution is -0.137. The van der Waals surface area contributed by atoms with Crippen molar-refractivity contribution in [1.82, 2.24) is 10.3 Å². The largest absolute Gasteiger partial charge is 0.416 e. The molecule has 152 valence electrons. The molecule has 0 aliphatic carbocycles. The molecule has 1 aliphatic rings. The van der Waals surface area contributed by atoms with Crippen molar-refractivity contribution in [3.63, 3.8) is 0 Å². The van der Waals surface area contributed by atoms with Gasteiger partial charge in [0.2, 0.25) is 5.91 Å². The molecular weight excluding hydrogens is 381 g/mol. The number of benzene rings is 1. The number of halogens is 3. The Kier molecular flexibility index (Phi) is 6.06. The quantitative estimate of drug-likeness (QED) is 0.837. The number of hydrogen-bond acceptors (Lipinski definition) is 4. The molecule has 1 amide bonds. The van der Waals surface area contributed by atoms with Crippen LogP contribution in [0, 0.1) is 17.2 Å². The number of nitrogens with zero attached hydrogens (tertiary/aromatic N) is 3. The predicted octanol–water partition coefficient (Wildman–Crippen LogP) is 4.07. The number of piperidine rings is 1. The lowest BCUT2D eigenvalue weighted by Gasteiger charge is -2.32. The second-order valence-corrected chi connectivity index (χ2v) is 7.13. The highest BCUT2D eigenvalue weighted by molar-refractivity contribution is 5.79. The van der Waals surface area contributed by atoms with E-state index in [9.17, 15) is 18.0 Å². The van der Waals surface area contributed by atoms with E-state index in [1.165, 1.54) is 12.3 Å². The summed E-state index contributed by atoms with van der Waals surface area (Å²) < 4.78 is 38.7. The number of aromatic nitrogens is 1. The molecule has 1 fully saturated rings. The van der Waals surface area contributed by atoms with Gasteiger partial charge in [0, 0.05) is 25.2 Å². The number of rotatable bonds is 4. The van der Waals surface area contributed by atoms with E-state index in [1.807, 2.05) is 6.07 Å². The molecule has 29 heavy (non-hydrogen) atoms. The molecule has 2 aromatic rings. The lowest BCUT2D eigenvalue weighted by atomic mass is 9.95. The van der Waals surface area contributed by atoms with E-state index in [4.69, 9.17) is 5.26 Å². The average molecular weight is 402 g/mol. The summed E-state index contributed by atoms with van der Waals surface area (Å²) in [5.41, 5.74) is 0.193. The normalized spacial score (nSPS) is 16.2. The lowest BCUT2D eigenvalue weighted by Crippen LogP contribution is -2.41. The van der Waals surface area contributed by atoms with Crippen LogP contribution in [0.1, 0.15) is 42.5 Å². The van der Waals surface area contributed by atoms with E-state index >= 15 is 0 Å². The smallest absolute Gasteiger partial charge is 0.357 e. The first-order chi connectivity index (χ1) is 13.8. The maximum atomic E-state index is 12.9. The number of alkyl halides is 3. The monoisotopic (exact) mass is 402 g/mol. The molecule has 1 unspecified atom stereocenters. The van der Waals surface area contributed by atoms with E-state index in [-0.39, 0.29) is 11.8 Å². The van der Waals surface area contributed by atoms with Crippen LogP contribution in [0.25, 0.3) is 0 Å². The minimum Gasteiger partial charge on any atom is -0.357 e. The highest BCUT2D eigenvalue weighted by atomic mass is 19.4. The van der Waals surface area contributed by atoms with Crippen molar-refractivity contribution < 1.29 is 18.0 Å². The van der Waals surface area contributed by atoms with Crippen molar-refractivity contribution >= 4 is 11.7 Å². The molecule has 5 nitrogen and oxygen atoms in total. The first kappa shape index (κ1) is 20.6. The summed E-state index contributed by atoms with van der Waals surface area (Å²) in [5.74, 6) is 0.417. The third kappa shape index (κ3) is 5.05. The molecule has 0 bridgehead atoms. The van der Waals surface area contributed by atoms with Crippen LogP contribution < -0.4 is 10.2 Å². The molecule has 1 saturated heterocycles. The number of carbonyl (C=O) groups is 1. The predicted molar refractivity (Wildman–Crippen MR) is 102 cm³/mol. The van der Waals surface area contributed by atoms with Crippen LogP contribution in [0.15, 0.2) is 42.6 Å². The van der Waals surface area contributed by atoms with Gasteiger partial charge in [-0.1, -0.05) is 12.1 Å². The summed E-state index contributed by atoms with van der Waals surface area (Å²) in [6.45, 7) is 2.98. The molecule has 3 rings (SSSR count). The van der Waals surface area contributed by atoms with Gasteiger partial charge in [-0.3, -0.25) is 4.79 Å². The van der Waals surface area contributed by atoms with Crippen molar-refractivity contribution in [1.29, 1.82) is 5.26 Å². The standard InChI is InChI=1S/C21H21F3N4O/c1-14(17-3-2-4-18(11-17)21(22,23)24)27-20(29)16-7-9-28(10-8-16)19-6-5-15(12-25)13-26-19/h2-6,11,13-14,16H,7-10H2,1H3,(H,27,29). The van der Waals surface area contributed by atoms with Gasteiger partial charge in [-0.2, -0.15) is 18.4 Å². The number of hydrogen-bond donors (Lipinski definition) is 1. The van der Waals surface area contributed by atoms with Crippen LogP contribution in [-0.2, 0) is 11.0 Å². The van der Waals surface area contributed by atoms with E-state index in [1.54, 1.807) is 25.1 Å². The van der Waals surface area contributed by atoms with Crippen LogP contribution in [0.2, 0.25) is 0 Å². The zero-order valence-electron chi connectivity index (χ0n) is 15.9. The van der Waals surface area contributed by atoms with Gasteiger partial charge >= 0.3 is 6.18 Å². The maximum Gasteiger partial charge on any atom is 0.416 e. The van der Waals surface area contributed by atoms with E-state index in [0.717, 1.165) is 18.0 Å². The Morgan fingerprint density at radius 1 is 1.28 bits per heavy atom. The second kappa shape index (κ2) is 8.52. The summed E-state index contributed by atoms with van der Waals surface area (Å²) in [7, 11) is 0. The minimum atomic E-state index is -4.41. The number of pyridine rings is 1. The van der Waals surface area contributed by atoms with Gasteiger partial charge in [0.15, 0.2) is 0 Å². The molecule has 0 spiro atoms. The van der Waals surface area contributed by atoms with Crippen LogP contribution in [-0.4, -0.2) is 24.0 Å². The Balaban J connectivity index is 1.56. The zero-order chi connectivity index (χ0) is 21.0. The number of nitrogens with one attached hydrogen (secondary N) is 1. The SMILES string of the molecule is CC(NC(=O)C1CCN(c2ccc(C#N)cn2)CC1)c1cccc(C(F)(F)F)c1. The van der Waals surface area contributed by atoms with Gasteiger partial charge in [0.25, 0.3) is 0 Å². The van der Waals surface area contributed by atoms with Crippen LogP contribution in [0.3, 0.4) is 0 Å². The van der Waals surface area contributed by atoms with E-state index < -0.39 is 17.8 Å². The van der Waals surface area contributed by atoms with Crippen LogP contribution in [0.4, 0.5) is 19.0 Å². The van der Waals surface area contributed by atoms with Gasteiger partial charge in [-0.05, 0) is 49.6 Å². The van der Waals surface area contributed by atoms with Crippen LogP contribution >= 0.6 is 0 Å². The van der Waals surface area contributed by atoms with Gasteiger partial charge in [0.1, 0.15) is 11.9 Å². The topological polar surface area (TPSA) is 69.0 Å². The third-order valence-electron chi connectivity index (χ3n) is 5.14. The van der Waals surface area contributed by atoms with Gasteiger partial charge in [-0.15, -0.1) is 0 Å². The van der Waals surface area contributed by atoms with Crippen LogP contribution in [0.5, 0.6) is 0 Å². The fourth-order valence-electron chi connectivity index (χ4n) is 3.41. The number of anilines is 1. The van der Waals surface area contributed by atoms with Gasteiger partial charge in [-0.25, -0.2) is 4.98 Å². The average Bonchev–Trinajstić information content (AvgIpc) is 2.73. The van der Waals surface area contributed by atoms with Gasteiger partial charge < -0.3 is 10.2 Å². The molecule has 1 aliphatic heterocycles. The van der Waals surface area contributed by atoms with Crippen molar-refractivity contribution in [2.45, 2.75) is 32.0 Å². The highest BCUT2D eigenvalue weighted by Gasteiger charge is 2.31.